The molecule has 5 heteroatoms. The van der Waals surface area contributed by atoms with Crippen molar-refractivity contribution < 1.29 is 0 Å². The Morgan fingerprint density at radius 3 is 2.72 bits per heavy atom. The standard InChI is InChI=1S/C13H11BrN4/c14-11-6-4-10(5-7-11)9-15-13-16-12-3-1-2-8-18(12)17-13/h1-8H,9H2,(H,15,17). The van der Waals surface area contributed by atoms with Gasteiger partial charge in [-0.2, -0.15) is 4.98 Å². The van der Waals surface area contributed by atoms with E-state index in [0.29, 0.717) is 12.5 Å². The number of halogens is 1. The second kappa shape index (κ2) is 4.78. The molecule has 0 unspecified atom stereocenters. The predicted molar refractivity (Wildman–Crippen MR) is 74.5 cm³/mol. The zero-order chi connectivity index (χ0) is 12.4. The topological polar surface area (TPSA) is 42.2 Å². The lowest BCUT2D eigenvalue weighted by molar-refractivity contribution is 0.950. The summed E-state index contributed by atoms with van der Waals surface area (Å²) in [5.74, 6) is 0.643. The molecule has 4 nitrogen and oxygen atoms in total. The monoisotopic (exact) mass is 302 g/mol. The van der Waals surface area contributed by atoms with Crippen LogP contribution < -0.4 is 5.32 Å². The van der Waals surface area contributed by atoms with Crippen molar-refractivity contribution in [3.05, 3.63) is 58.7 Å². The summed E-state index contributed by atoms with van der Waals surface area (Å²) in [6.07, 6.45) is 1.88. The maximum Gasteiger partial charge on any atom is 0.243 e. The number of anilines is 1. The summed E-state index contributed by atoms with van der Waals surface area (Å²) in [5, 5.41) is 7.54. The molecule has 0 spiro atoms. The van der Waals surface area contributed by atoms with Gasteiger partial charge in [0.2, 0.25) is 5.95 Å². The van der Waals surface area contributed by atoms with Gasteiger partial charge in [-0.15, -0.1) is 5.10 Å². The zero-order valence-electron chi connectivity index (χ0n) is 9.55. The highest BCUT2D eigenvalue weighted by molar-refractivity contribution is 9.10. The van der Waals surface area contributed by atoms with E-state index >= 15 is 0 Å². The number of aromatic nitrogens is 3. The van der Waals surface area contributed by atoms with Gasteiger partial charge < -0.3 is 5.32 Å². The summed E-state index contributed by atoms with van der Waals surface area (Å²) in [5.41, 5.74) is 2.04. The van der Waals surface area contributed by atoms with E-state index in [-0.39, 0.29) is 0 Å². The fourth-order valence-corrected chi connectivity index (χ4v) is 1.95. The Morgan fingerprint density at radius 2 is 1.94 bits per heavy atom. The second-order valence-electron chi connectivity index (χ2n) is 3.92. The van der Waals surface area contributed by atoms with Crippen molar-refractivity contribution >= 4 is 27.5 Å². The highest BCUT2D eigenvalue weighted by atomic mass is 79.9. The molecule has 0 atom stereocenters. The molecular weight excluding hydrogens is 292 g/mol. The predicted octanol–water partition coefficient (Wildman–Crippen LogP) is 3.10. The van der Waals surface area contributed by atoms with Crippen LogP contribution in [0.25, 0.3) is 5.65 Å². The molecule has 0 radical (unpaired) electrons. The average Bonchev–Trinajstić information content (AvgIpc) is 2.81. The summed E-state index contributed by atoms with van der Waals surface area (Å²) in [4.78, 5) is 4.38. The minimum Gasteiger partial charge on any atom is -0.349 e. The molecule has 0 aliphatic heterocycles. The van der Waals surface area contributed by atoms with Crippen LogP contribution in [0, 0.1) is 0 Å². The third-order valence-electron chi connectivity index (χ3n) is 2.61. The Bertz CT molecular complexity index is 627. The maximum atomic E-state index is 4.38. The molecule has 1 aromatic carbocycles. The fourth-order valence-electron chi connectivity index (χ4n) is 1.69. The lowest BCUT2D eigenvalue weighted by Crippen LogP contribution is -2.00. The van der Waals surface area contributed by atoms with E-state index in [4.69, 9.17) is 0 Å². The number of fused-ring (bicyclic) bond motifs is 1. The van der Waals surface area contributed by atoms with E-state index in [2.05, 4.69) is 43.5 Å². The van der Waals surface area contributed by atoms with Gasteiger partial charge in [-0.3, -0.25) is 0 Å². The van der Waals surface area contributed by atoms with Crippen LogP contribution in [0.4, 0.5) is 5.95 Å². The molecule has 18 heavy (non-hydrogen) atoms. The van der Waals surface area contributed by atoms with Crippen LogP contribution in [0.5, 0.6) is 0 Å². The lowest BCUT2D eigenvalue weighted by Gasteiger charge is -2.01. The maximum absolute atomic E-state index is 4.38. The largest absolute Gasteiger partial charge is 0.349 e. The van der Waals surface area contributed by atoms with Gasteiger partial charge in [0.1, 0.15) is 0 Å². The van der Waals surface area contributed by atoms with Gasteiger partial charge in [-0.05, 0) is 29.8 Å². The Labute approximate surface area is 113 Å². The molecule has 0 saturated carbocycles. The first-order valence-corrected chi connectivity index (χ1v) is 6.40. The van der Waals surface area contributed by atoms with Gasteiger partial charge in [0, 0.05) is 17.2 Å². The van der Waals surface area contributed by atoms with Crippen LogP contribution in [-0.2, 0) is 6.54 Å². The molecule has 3 rings (SSSR count). The van der Waals surface area contributed by atoms with Crippen LogP contribution in [0.1, 0.15) is 5.56 Å². The number of benzene rings is 1. The van der Waals surface area contributed by atoms with E-state index < -0.39 is 0 Å². The van der Waals surface area contributed by atoms with Crippen LogP contribution in [-0.4, -0.2) is 14.6 Å². The fraction of sp³-hybridized carbons (Fsp3) is 0.0769. The molecule has 0 fully saturated rings. The first-order chi connectivity index (χ1) is 8.81. The molecule has 0 bridgehead atoms. The van der Waals surface area contributed by atoms with Gasteiger partial charge >= 0.3 is 0 Å². The minimum atomic E-state index is 0.643. The SMILES string of the molecule is Brc1ccc(CNc2nc3ccccn3n2)cc1. The molecular formula is C13H11BrN4. The highest BCUT2D eigenvalue weighted by Gasteiger charge is 2.01. The Morgan fingerprint density at radius 1 is 1.11 bits per heavy atom. The van der Waals surface area contributed by atoms with E-state index in [0.717, 1.165) is 10.1 Å². The number of hydrogen-bond donors (Lipinski definition) is 1. The number of nitrogens with one attached hydrogen (secondary N) is 1. The Hall–Kier alpha value is -1.88. The second-order valence-corrected chi connectivity index (χ2v) is 4.83. The highest BCUT2D eigenvalue weighted by Crippen LogP contribution is 2.12. The summed E-state index contributed by atoms with van der Waals surface area (Å²) in [7, 11) is 0. The molecule has 0 aliphatic carbocycles. The molecule has 0 amide bonds. The number of hydrogen-bond acceptors (Lipinski definition) is 3. The van der Waals surface area contributed by atoms with Gasteiger partial charge in [-0.1, -0.05) is 34.1 Å². The minimum absolute atomic E-state index is 0.643. The van der Waals surface area contributed by atoms with Crippen LogP contribution in [0.15, 0.2) is 53.1 Å². The van der Waals surface area contributed by atoms with Crippen LogP contribution in [0.3, 0.4) is 0 Å². The Balaban J connectivity index is 1.74. The van der Waals surface area contributed by atoms with Gasteiger partial charge in [0.15, 0.2) is 5.65 Å². The average molecular weight is 303 g/mol. The third kappa shape index (κ3) is 2.36. The first-order valence-electron chi connectivity index (χ1n) is 5.61. The van der Waals surface area contributed by atoms with Crippen molar-refractivity contribution in [1.82, 2.24) is 14.6 Å². The van der Waals surface area contributed by atoms with Crippen molar-refractivity contribution in [3.8, 4) is 0 Å². The third-order valence-corrected chi connectivity index (χ3v) is 3.13. The molecule has 2 aromatic heterocycles. The number of nitrogens with zero attached hydrogens (tertiary/aromatic N) is 3. The van der Waals surface area contributed by atoms with Crippen LogP contribution >= 0.6 is 15.9 Å². The van der Waals surface area contributed by atoms with Crippen molar-refractivity contribution in [2.45, 2.75) is 6.54 Å². The van der Waals surface area contributed by atoms with E-state index in [1.165, 1.54) is 5.56 Å². The van der Waals surface area contributed by atoms with E-state index in [1.807, 2.05) is 36.5 Å². The van der Waals surface area contributed by atoms with Gasteiger partial charge in [0.05, 0.1) is 0 Å². The molecule has 90 valence electrons. The normalized spacial score (nSPS) is 10.7. The molecule has 3 aromatic rings. The molecule has 0 aliphatic rings. The molecule has 1 N–H and O–H groups in total. The summed E-state index contributed by atoms with van der Waals surface area (Å²) < 4.78 is 2.83. The summed E-state index contributed by atoms with van der Waals surface area (Å²) >= 11 is 3.42. The Kier molecular flexibility index (Phi) is 2.98. The number of rotatable bonds is 3. The van der Waals surface area contributed by atoms with Gasteiger partial charge in [-0.25, -0.2) is 4.52 Å². The summed E-state index contributed by atoms with van der Waals surface area (Å²) in [6.45, 7) is 0.712. The zero-order valence-corrected chi connectivity index (χ0v) is 11.1. The van der Waals surface area contributed by atoms with Crippen LogP contribution in [0.2, 0.25) is 0 Å². The van der Waals surface area contributed by atoms with E-state index in [9.17, 15) is 0 Å². The molecule has 0 saturated heterocycles. The van der Waals surface area contributed by atoms with E-state index in [1.54, 1.807) is 4.52 Å². The molecule has 2 heterocycles. The first kappa shape index (κ1) is 11.2. The van der Waals surface area contributed by atoms with Crippen molar-refractivity contribution in [2.24, 2.45) is 0 Å². The summed E-state index contributed by atoms with van der Waals surface area (Å²) in [6, 6.07) is 14.0. The lowest BCUT2D eigenvalue weighted by atomic mass is 10.2. The van der Waals surface area contributed by atoms with Crippen molar-refractivity contribution in [2.75, 3.05) is 5.32 Å². The van der Waals surface area contributed by atoms with Crippen molar-refractivity contribution in [3.63, 3.8) is 0 Å². The smallest absolute Gasteiger partial charge is 0.243 e. The quantitative estimate of drug-likeness (QED) is 0.808. The van der Waals surface area contributed by atoms with Crippen molar-refractivity contribution in [1.29, 1.82) is 0 Å². The number of pyridine rings is 1. The van der Waals surface area contributed by atoms with Gasteiger partial charge in [0.25, 0.3) is 0 Å².